The van der Waals surface area contributed by atoms with Crippen molar-refractivity contribution in [1.29, 1.82) is 0 Å². The quantitative estimate of drug-likeness (QED) is 0.616. The molecule has 0 aliphatic rings. The van der Waals surface area contributed by atoms with Gasteiger partial charge in [0.1, 0.15) is 17.4 Å². The zero-order chi connectivity index (χ0) is 14.8. The maximum absolute atomic E-state index is 13.6. The van der Waals surface area contributed by atoms with Crippen LogP contribution in [0.25, 0.3) is 11.0 Å². The summed E-state index contributed by atoms with van der Waals surface area (Å²) in [6.07, 6.45) is 3.06. The van der Waals surface area contributed by atoms with E-state index >= 15 is 0 Å². The molecule has 0 radical (unpaired) electrons. The average molecular weight is 372 g/mol. The summed E-state index contributed by atoms with van der Waals surface area (Å²) in [5.74, 6) is 1.95. The van der Waals surface area contributed by atoms with E-state index in [-0.39, 0.29) is 5.82 Å². The fraction of sp³-hybridized carbons (Fsp3) is 0.267. The lowest BCUT2D eigenvalue weighted by atomic mass is 10.3. The number of furan rings is 1. The standard InChI is InChI=1S/C15H13BrClFN2O/c16-11-8-14-13(9-12(11)18)19-15(3-5-17)20(14)6-4-10-2-1-7-21-10/h1-2,7-9H,3-6H2. The number of rotatable bonds is 5. The smallest absolute Gasteiger partial charge is 0.139 e. The van der Waals surface area contributed by atoms with Crippen molar-refractivity contribution in [3.05, 3.63) is 52.4 Å². The molecule has 3 nitrogen and oxygen atoms in total. The number of imidazole rings is 1. The normalized spacial score (nSPS) is 11.4. The van der Waals surface area contributed by atoms with Crippen LogP contribution in [0.5, 0.6) is 0 Å². The first-order valence-electron chi connectivity index (χ1n) is 6.61. The highest BCUT2D eigenvalue weighted by Crippen LogP contribution is 2.25. The molecule has 0 spiro atoms. The van der Waals surface area contributed by atoms with Crippen LogP contribution in [-0.2, 0) is 19.4 Å². The second-order valence-electron chi connectivity index (χ2n) is 4.70. The second-order valence-corrected chi connectivity index (χ2v) is 5.94. The minimum Gasteiger partial charge on any atom is -0.469 e. The molecule has 0 aliphatic heterocycles. The maximum Gasteiger partial charge on any atom is 0.139 e. The highest BCUT2D eigenvalue weighted by Gasteiger charge is 2.13. The van der Waals surface area contributed by atoms with E-state index in [1.165, 1.54) is 6.07 Å². The largest absolute Gasteiger partial charge is 0.469 e. The highest BCUT2D eigenvalue weighted by atomic mass is 79.9. The Morgan fingerprint density at radius 1 is 1.33 bits per heavy atom. The summed E-state index contributed by atoms with van der Waals surface area (Å²) < 4.78 is 21.5. The summed E-state index contributed by atoms with van der Waals surface area (Å²) in [4.78, 5) is 4.49. The Labute approximate surface area is 134 Å². The molecule has 0 fully saturated rings. The number of hydrogen-bond acceptors (Lipinski definition) is 2. The first-order valence-corrected chi connectivity index (χ1v) is 7.94. The number of nitrogens with zero attached hydrogens (tertiary/aromatic N) is 2. The fourth-order valence-electron chi connectivity index (χ4n) is 2.37. The van der Waals surface area contributed by atoms with Crippen LogP contribution >= 0.6 is 27.5 Å². The molecular weight excluding hydrogens is 359 g/mol. The maximum atomic E-state index is 13.6. The first kappa shape index (κ1) is 14.6. The van der Waals surface area contributed by atoms with Gasteiger partial charge in [-0.05, 0) is 34.1 Å². The molecular formula is C15H13BrClFN2O. The second kappa shape index (κ2) is 6.20. The zero-order valence-corrected chi connectivity index (χ0v) is 13.5. The predicted molar refractivity (Wildman–Crippen MR) is 84.2 cm³/mol. The molecule has 0 bridgehead atoms. The molecule has 110 valence electrons. The van der Waals surface area contributed by atoms with E-state index in [4.69, 9.17) is 16.0 Å². The van der Waals surface area contributed by atoms with Crippen LogP contribution in [0.15, 0.2) is 39.4 Å². The van der Waals surface area contributed by atoms with Crippen LogP contribution in [0.2, 0.25) is 0 Å². The molecule has 0 aliphatic carbocycles. The van der Waals surface area contributed by atoms with E-state index in [2.05, 4.69) is 25.5 Å². The van der Waals surface area contributed by atoms with Gasteiger partial charge in [-0.2, -0.15) is 0 Å². The summed E-state index contributed by atoms with van der Waals surface area (Å²) in [6, 6.07) is 7.01. The van der Waals surface area contributed by atoms with E-state index in [0.29, 0.717) is 28.8 Å². The molecule has 0 unspecified atom stereocenters. The average Bonchev–Trinajstić information content (AvgIpc) is 3.06. The van der Waals surface area contributed by atoms with Crippen LogP contribution in [0.1, 0.15) is 11.6 Å². The third-order valence-corrected chi connectivity index (χ3v) is 4.15. The van der Waals surface area contributed by atoms with Crippen molar-refractivity contribution in [3.8, 4) is 0 Å². The monoisotopic (exact) mass is 370 g/mol. The van der Waals surface area contributed by atoms with Gasteiger partial charge in [0.05, 0.1) is 21.8 Å². The molecule has 0 atom stereocenters. The van der Waals surface area contributed by atoms with Gasteiger partial charge in [-0.3, -0.25) is 0 Å². The number of aryl methyl sites for hydroxylation is 3. The van der Waals surface area contributed by atoms with Crippen molar-refractivity contribution in [2.75, 3.05) is 5.88 Å². The lowest BCUT2D eigenvalue weighted by Crippen LogP contribution is -2.06. The summed E-state index contributed by atoms with van der Waals surface area (Å²) in [5.41, 5.74) is 1.55. The Bertz CT molecular complexity index is 755. The molecule has 0 N–H and O–H groups in total. The predicted octanol–water partition coefficient (Wildman–Crippen LogP) is 4.55. The number of halogens is 3. The number of alkyl halides is 1. The topological polar surface area (TPSA) is 31.0 Å². The van der Waals surface area contributed by atoms with Crippen LogP contribution < -0.4 is 0 Å². The lowest BCUT2D eigenvalue weighted by Gasteiger charge is -2.07. The van der Waals surface area contributed by atoms with Crippen LogP contribution in [0.3, 0.4) is 0 Å². The molecule has 21 heavy (non-hydrogen) atoms. The summed E-state index contributed by atoms with van der Waals surface area (Å²) in [6.45, 7) is 0.717. The van der Waals surface area contributed by atoms with Crippen molar-refractivity contribution in [2.24, 2.45) is 0 Å². The first-order chi connectivity index (χ1) is 10.2. The van der Waals surface area contributed by atoms with Crippen molar-refractivity contribution in [3.63, 3.8) is 0 Å². The number of aromatic nitrogens is 2. The Hall–Kier alpha value is -1.33. The molecule has 3 rings (SSSR count). The van der Waals surface area contributed by atoms with Crippen molar-refractivity contribution in [1.82, 2.24) is 9.55 Å². The Morgan fingerprint density at radius 3 is 2.90 bits per heavy atom. The SMILES string of the molecule is Fc1cc2nc(CCCl)n(CCc3ccco3)c2cc1Br. The molecule has 2 heterocycles. The third kappa shape index (κ3) is 2.99. The Balaban J connectivity index is 2.00. The summed E-state index contributed by atoms with van der Waals surface area (Å²) in [5, 5.41) is 0. The zero-order valence-electron chi connectivity index (χ0n) is 11.2. The Morgan fingerprint density at radius 2 is 2.19 bits per heavy atom. The number of benzene rings is 1. The van der Waals surface area contributed by atoms with E-state index in [1.807, 2.05) is 12.1 Å². The molecule has 1 aromatic carbocycles. The summed E-state index contributed by atoms with van der Waals surface area (Å²) in [7, 11) is 0. The van der Waals surface area contributed by atoms with Gasteiger partial charge in [-0.1, -0.05) is 0 Å². The molecule has 0 saturated heterocycles. The molecule has 0 amide bonds. The third-order valence-electron chi connectivity index (χ3n) is 3.35. The Kier molecular flexibility index (Phi) is 4.31. The summed E-state index contributed by atoms with van der Waals surface area (Å²) >= 11 is 9.07. The van der Waals surface area contributed by atoms with E-state index in [0.717, 1.165) is 23.5 Å². The molecule has 3 aromatic rings. The minimum absolute atomic E-state index is 0.310. The fourth-order valence-corrected chi connectivity index (χ4v) is 2.87. The molecule has 0 saturated carbocycles. The van der Waals surface area contributed by atoms with Gasteiger partial charge >= 0.3 is 0 Å². The van der Waals surface area contributed by atoms with Crippen molar-refractivity contribution < 1.29 is 8.81 Å². The van der Waals surface area contributed by atoms with Gasteiger partial charge in [0, 0.05) is 31.3 Å². The van der Waals surface area contributed by atoms with Gasteiger partial charge in [-0.25, -0.2) is 9.37 Å². The van der Waals surface area contributed by atoms with Crippen LogP contribution in [0.4, 0.5) is 4.39 Å². The minimum atomic E-state index is -0.310. The van der Waals surface area contributed by atoms with Gasteiger partial charge in [0.25, 0.3) is 0 Å². The van der Waals surface area contributed by atoms with E-state index in [9.17, 15) is 4.39 Å². The van der Waals surface area contributed by atoms with E-state index in [1.54, 1.807) is 12.3 Å². The van der Waals surface area contributed by atoms with Gasteiger partial charge in [0.15, 0.2) is 0 Å². The van der Waals surface area contributed by atoms with Gasteiger partial charge in [0.2, 0.25) is 0 Å². The molecule has 2 aromatic heterocycles. The van der Waals surface area contributed by atoms with Crippen LogP contribution in [-0.4, -0.2) is 15.4 Å². The lowest BCUT2D eigenvalue weighted by molar-refractivity contribution is 0.490. The van der Waals surface area contributed by atoms with Crippen molar-refractivity contribution in [2.45, 2.75) is 19.4 Å². The number of hydrogen-bond donors (Lipinski definition) is 0. The van der Waals surface area contributed by atoms with Crippen molar-refractivity contribution >= 4 is 38.6 Å². The van der Waals surface area contributed by atoms with Gasteiger partial charge in [-0.15, -0.1) is 11.6 Å². The molecule has 6 heteroatoms. The highest BCUT2D eigenvalue weighted by molar-refractivity contribution is 9.10. The van der Waals surface area contributed by atoms with Crippen LogP contribution in [0, 0.1) is 5.82 Å². The number of fused-ring (bicyclic) bond motifs is 1. The van der Waals surface area contributed by atoms with Gasteiger partial charge < -0.3 is 8.98 Å². The van der Waals surface area contributed by atoms with E-state index < -0.39 is 0 Å².